The predicted molar refractivity (Wildman–Crippen MR) is 138 cm³/mol. The van der Waals surface area contributed by atoms with Gasteiger partial charge in [-0.25, -0.2) is 0 Å². The van der Waals surface area contributed by atoms with E-state index in [2.05, 4.69) is 0 Å². The number of benzene rings is 3. The van der Waals surface area contributed by atoms with E-state index in [0.717, 1.165) is 12.0 Å². The maximum atomic E-state index is 13.1. The van der Waals surface area contributed by atoms with Crippen LogP contribution in [-0.4, -0.2) is 49.9 Å². The van der Waals surface area contributed by atoms with E-state index in [1.807, 2.05) is 25.1 Å². The van der Waals surface area contributed by atoms with Crippen molar-refractivity contribution >= 4 is 5.97 Å². The Kier molecular flexibility index (Phi) is 7.05. The minimum absolute atomic E-state index is 0.0348. The van der Waals surface area contributed by atoms with Gasteiger partial charge in [0.2, 0.25) is 6.79 Å². The highest BCUT2D eigenvalue weighted by molar-refractivity contribution is 5.80. The number of aliphatic carboxylic acids is 1. The summed E-state index contributed by atoms with van der Waals surface area (Å²) in [4.78, 5) is 13.1. The molecule has 2 aliphatic rings. The summed E-state index contributed by atoms with van der Waals surface area (Å²) < 4.78 is 28.2. The van der Waals surface area contributed by atoms with Crippen molar-refractivity contribution in [2.75, 3.05) is 33.7 Å². The highest BCUT2D eigenvalue weighted by atomic mass is 16.7. The average molecular weight is 522 g/mol. The molecule has 9 nitrogen and oxygen atoms in total. The largest absolute Gasteiger partial charge is 0.497 e. The summed E-state index contributed by atoms with van der Waals surface area (Å²) >= 11 is 0. The number of hydrogen-bond donors (Lipinski definition) is 3. The number of carboxylic acids is 1. The Morgan fingerprint density at radius 1 is 1.00 bits per heavy atom. The van der Waals surface area contributed by atoms with Crippen molar-refractivity contribution in [3.8, 4) is 28.7 Å². The first-order valence-electron chi connectivity index (χ1n) is 12.5. The van der Waals surface area contributed by atoms with Crippen molar-refractivity contribution < 1.29 is 38.7 Å². The van der Waals surface area contributed by atoms with Crippen LogP contribution in [0, 0.1) is 5.92 Å². The minimum Gasteiger partial charge on any atom is -0.497 e. The zero-order chi connectivity index (χ0) is 26.9. The van der Waals surface area contributed by atoms with Crippen LogP contribution < -0.4 is 29.4 Å². The van der Waals surface area contributed by atoms with Crippen LogP contribution in [0.2, 0.25) is 0 Å². The molecule has 0 spiro atoms. The first-order chi connectivity index (χ1) is 18.4. The zero-order valence-electron chi connectivity index (χ0n) is 21.3. The number of carboxylic acid groups (broad SMARTS) is 1. The topological polar surface area (TPSA) is 130 Å². The van der Waals surface area contributed by atoms with Crippen LogP contribution in [0.3, 0.4) is 0 Å². The predicted octanol–water partition coefficient (Wildman–Crippen LogP) is 3.63. The van der Waals surface area contributed by atoms with Crippen LogP contribution in [-0.2, 0) is 10.3 Å². The smallest absolute Gasteiger partial charge is 0.310 e. The number of ether oxygens (including phenoxy) is 5. The van der Waals surface area contributed by atoms with Crippen LogP contribution in [0.1, 0.15) is 41.5 Å². The van der Waals surface area contributed by atoms with Gasteiger partial charge in [-0.2, -0.15) is 0 Å². The summed E-state index contributed by atoms with van der Waals surface area (Å²) in [6.45, 7) is 2.46. The monoisotopic (exact) mass is 521 g/mol. The summed E-state index contributed by atoms with van der Waals surface area (Å²) in [7, 11) is 1.54. The van der Waals surface area contributed by atoms with Crippen molar-refractivity contribution in [1.82, 2.24) is 0 Å². The van der Waals surface area contributed by atoms with E-state index >= 15 is 0 Å². The molecule has 3 atom stereocenters. The van der Waals surface area contributed by atoms with Gasteiger partial charge in [-0.1, -0.05) is 25.1 Å². The molecule has 9 heteroatoms. The van der Waals surface area contributed by atoms with Gasteiger partial charge in [0.25, 0.3) is 0 Å². The molecule has 1 heterocycles. The fourth-order valence-corrected chi connectivity index (χ4v) is 5.45. The summed E-state index contributed by atoms with van der Waals surface area (Å²) in [5, 5.41) is 20.1. The normalized spacial score (nSPS) is 21.2. The number of carbonyl (C=O) groups is 1. The summed E-state index contributed by atoms with van der Waals surface area (Å²) in [5.74, 6) is -0.186. The lowest BCUT2D eigenvalue weighted by Crippen LogP contribution is -2.47. The third-order valence-electron chi connectivity index (χ3n) is 7.12. The van der Waals surface area contributed by atoms with E-state index in [4.69, 9.17) is 29.4 Å². The lowest BCUT2D eigenvalue weighted by atomic mass is 9.74. The highest BCUT2D eigenvalue weighted by Crippen LogP contribution is 2.57. The van der Waals surface area contributed by atoms with E-state index < -0.39 is 23.3 Å². The molecule has 0 saturated heterocycles. The number of hydrogen-bond acceptors (Lipinski definition) is 8. The van der Waals surface area contributed by atoms with Crippen molar-refractivity contribution in [1.29, 1.82) is 0 Å². The Labute approximate surface area is 220 Å². The van der Waals surface area contributed by atoms with Crippen LogP contribution >= 0.6 is 0 Å². The van der Waals surface area contributed by atoms with Gasteiger partial charge < -0.3 is 39.6 Å². The van der Waals surface area contributed by atoms with Crippen LogP contribution in [0.15, 0.2) is 54.6 Å². The van der Waals surface area contributed by atoms with Crippen molar-refractivity contribution in [2.24, 2.45) is 11.7 Å². The Morgan fingerprint density at radius 2 is 1.79 bits per heavy atom. The maximum absolute atomic E-state index is 13.1. The van der Waals surface area contributed by atoms with Crippen molar-refractivity contribution in [3.63, 3.8) is 0 Å². The van der Waals surface area contributed by atoms with Crippen LogP contribution in [0.5, 0.6) is 28.7 Å². The molecule has 200 valence electrons. The van der Waals surface area contributed by atoms with E-state index in [0.29, 0.717) is 52.0 Å². The van der Waals surface area contributed by atoms with E-state index in [1.165, 1.54) is 7.11 Å². The summed E-state index contributed by atoms with van der Waals surface area (Å²) in [5.41, 5.74) is 8.38. The molecule has 38 heavy (non-hydrogen) atoms. The summed E-state index contributed by atoms with van der Waals surface area (Å²) in [6, 6.07) is 16.1. The second kappa shape index (κ2) is 10.4. The molecule has 0 amide bonds. The van der Waals surface area contributed by atoms with Gasteiger partial charge in [0.15, 0.2) is 11.5 Å². The van der Waals surface area contributed by atoms with Gasteiger partial charge in [0, 0.05) is 17.5 Å². The first kappa shape index (κ1) is 25.7. The third kappa shape index (κ3) is 4.27. The van der Waals surface area contributed by atoms with Crippen molar-refractivity contribution in [2.45, 2.75) is 24.8 Å². The molecule has 4 N–H and O–H groups in total. The van der Waals surface area contributed by atoms with Gasteiger partial charge in [-0.05, 0) is 53.4 Å². The molecule has 1 aliphatic heterocycles. The second-order valence-corrected chi connectivity index (χ2v) is 9.30. The molecule has 3 unspecified atom stereocenters. The number of fused-ring (bicyclic) bond motifs is 2. The number of rotatable bonds is 10. The molecule has 0 bridgehead atoms. The number of aliphatic hydroxyl groups excluding tert-OH is 1. The standard InChI is InChI=1S/C29H31NO8/c1-3-11-35-19-6-8-22-21(14-19)26(20-7-5-18(34-2)15-24(20)36-12-10-31)27(28(32)33)29(22,30)17-4-9-23-25(13-17)38-16-37-23/h4-9,13-15,26-27,31H,3,10-12,16,30H2,1-2H3,(H,32,33). The molecule has 1 aliphatic carbocycles. The van der Waals surface area contributed by atoms with Crippen LogP contribution in [0.25, 0.3) is 0 Å². The molecule has 0 radical (unpaired) electrons. The Morgan fingerprint density at radius 3 is 2.53 bits per heavy atom. The molecule has 3 aromatic rings. The highest BCUT2D eigenvalue weighted by Gasteiger charge is 2.56. The average Bonchev–Trinajstić information content (AvgIpc) is 3.50. The number of aliphatic hydroxyl groups is 1. The summed E-state index contributed by atoms with van der Waals surface area (Å²) in [6.07, 6.45) is 0.827. The number of nitrogens with two attached hydrogens (primary N) is 1. The molecule has 3 aromatic carbocycles. The molecule has 0 fully saturated rings. The van der Waals surface area contributed by atoms with Gasteiger partial charge in [0.05, 0.1) is 31.8 Å². The lowest BCUT2D eigenvalue weighted by Gasteiger charge is -2.33. The van der Waals surface area contributed by atoms with Crippen LogP contribution in [0.4, 0.5) is 0 Å². The second-order valence-electron chi connectivity index (χ2n) is 9.30. The minimum atomic E-state index is -1.41. The van der Waals surface area contributed by atoms with E-state index in [-0.39, 0.29) is 20.0 Å². The zero-order valence-corrected chi connectivity index (χ0v) is 21.3. The molecular weight excluding hydrogens is 490 g/mol. The quantitative estimate of drug-likeness (QED) is 0.366. The molecule has 0 saturated carbocycles. The fraction of sp³-hybridized carbons (Fsp3) is 0.345. The first-order valence-corrected chi connectivity index (χ1v) is 12.5. The van der Waals surface area contributed by atoms with Gasteiger partial charge in [-0.15, -0.1) is 0 Å². The number of methoxy groups -OCH3 is 1. The fourth-order valence-electron chi connectivity index (χ4n) is 5.45. The maximum Gasteiger partial charge on any atom is 0.310 e. The van der Waals surface area contributed by atoms with Gasteiger partial charge in [0.1, 0.15) is 23.9 Å². The van der Waals surface area contributed by atoms with Gasteiger partial charge >= 0.3 is 5.97 Å². The Bertz CT molecular complexity index is 1340. The Hall–Kier alpha value is -3.95. The van der Waals surface area contributed by atoms with Crippen molar-refractivity contribution in [3.05, 3.63) is 76.9 Å². The SMILES string of the molecule is CCCOc1ccc2c(c1)C(c1ccc(OC)cc1OCCO)C(C(=O)O)C2(N)c1ccc2c(c1)OCO2. The third-order valence-corrected chi connectivity index (χ3v) is 7.12. The molecule has 5 rings (SSSR count). The van der Waals surface area contributed by atoms with E-state index in [1.54, 1.807) is 36.4 Å². The van der Waals surface area contributed by atoms with E-state index in [9.17, 15) is 15.0 Å². The molecule has 0 aromatic heterocycles. The van der Waals surface area contributed by atoms with Gasteiger partial charge in [-0.3, -0.25) is 4.79 Å². The Balaban J connectivity index is 1.74. The molecular formula is C29H31NO8. The lowest BCUT2D eigenvalue weighted by molar-refractivity contribution is -0.143.